The molecule has 0 radical (unpaired) electrons. The molecule has 0 saturated carbocycles. The van der Waals surface area contributed by atoms with Gasteiger partial charge < -0.3 is 10.1 Å². The predicted molar refractivity (Wildman–Crippen MR) is 89.2 cm³/mol. The summed E-state index contributed by atoms with van der Waals surface area (Å²) in [5.41, 5.74) is 3.49. The van der Waals surface area contributed by atoms with Crippen LogP contribution in [0.15, 0.2) is 42.5 Å². The fraction of sp³-hybridized carbons (Fsp3) is 0.333. The number of benzene rings is 2. The van der Waals surface area contributed by atoms with E-state index in [4.69, 9.17) is 16.3 Å². The summed E-state index contributed by atoms with van der Waals surface area (Å²) in [7, 11) is 0. The lowest BCUT2D eigenvalue weighted by Gasteiger charge is -2.17. The maximum atomic E-state index is 6.14. The summed E-state index contributed by atoms with van der Waals surface area (Å²) in [6.07, 6.45) is 0.105. The van der Waals surface area contributed by atoms with Gasteiger partial charge in [0.05, 0.1) is 0 Å². The van der Waals surface area contributed by atoms with Crippen LogP contribution in [-0.4, -0.2) is 12.6 Å². The molecule has 0 heterocycles. The number of nitrogens with one attached hydrogen (secondary N) is 1. The Balaban J connectivity index is 1.84. The van der Waals surface area contributed by atoms with Crippen LogP contribution in [0.2, 0.25) is 5.02 Å². The van der Waals surface area contributed by atoms with Gasteiger partial charge in [0.25, 0.3) is 0 Å². The maximum Gasteiger partial charge on any atom is 0.122 e. The van der Waals surface area contributed by atoms with Gasteiger partial charge in [0.15, 0.2) is 0 Å². The molecule has 1 unspecified atom stereocenters. The van der Waals surface area contributed by atoms with Crippen molar-refractivity contribution in [1.82, 2.24) is 5.32 Å². The second-order valence-corrected chi connectivity index (χ2v) is 5.83. The van der Waals surface area contributed by atoms with Crippen molar-refractivity contribution in [2.24, 2.45) is 0 Å². The van der Waals surface area contributed by atoms with Crippen molar-refractivity contribution in [2.75, 3.05) is 6.54 Å². The Bertz CT molecular complexity index is 598. The average Bonchev–Trinajstić information content (AvgIpc) is 2.45. The normalized spacial score (nSPS) is 12.2. The maximum absolute atomic E-state index is 6.14. The van der Waals surface area contributed by atoms with Crippen LogP contribution in [0.1, 0.15) is 23.6 Å². The summed E-state index contributed by atoms with van der Waals surface area (Å²) < 4.78 is 6.00. The zero-order valence-electron chi connectivity index (χ0n) is 12.8. The number of rotatable bonds is 6. The minimum atomic E-state index is 0.105. The number of aryl methyl sites for hydroxylation is 2. The number of hydrogen-bond donors (Lipinski definition) is 1. The molecule has 0 spiro atoms. The molecule has 0 fully saturated rings. The van der Waals surface area contributed by atoms with Crippen molar-refractivity contribution in [3.63, 3.8) is 0 Å². The molecule has 0 saturated heterocycles. The molecule has 3 heteroatoms. The first-order chi connectivity index (χ1) is 10.1. The minimum absolute atomic E-state index is 0.105. The van der Waals surface area contributed by atoms with E-state index < -0.39 is 0 Å². The SMILES string of the molecule is Cc1ccc(C)c(OC(C)CNCc2ccccc2Cl)c1. The van der Waals surface area contributed by atoms with E-state index in [1.807, 2.05) is 24.3 Å². The fourth-order valence-corrected chi connectivity index (χ4v) is 2.35. The summed E-state index contributed by atoms with van der Waals surface area (Å²) in [4.78, 5) is 0. The van der Waals surface area contributed by atoms with Crippen LogP contribution in [-0.2, 0) is 6.54 Å². The first kappa shape index (κ1) is 15.9. The van der Waals surface area contributed by atoms with Crippen LogP contribution in [0.25, 0.3) is 0 Å². The van der Waals surface area contributed by atoms with Crippen molar-refractivity contribution in [3.05, 3.63) is 64.2 Å². The molecule has 2 aromatic rings. The van der Waals surface area contributed by atoms with Gasteiger partial charge in [-0.1, -0.05) is 41.9 Å². The Morgan fingerprint density at radius 3 is 2.67 bits per heavy atom. The van der Waals surface area contributed by atoms with Crippen LogP contribution >= 0.6 is 11.6 Å². The molecule has 0 aliphatic rings. The van der Waals surface area contributed by atoms with E-state index in [1.54, 1.807) is 0 Å². The van der Waals surface area contributed by atoms with Gasteiger partial charge in [0.2, 0.25) is 0 Å². The summed E-state index contributed by atoms with van der Waals surface area (Å²) in [6, 6.07) is 14.2. The molecule has 2 rings (SSSR count). The third-order valence-electron chi connectivity index (χ3n) is 3.38. The molecule has 112 valence electrons. The zero-order valence-corrected chi connectivity index (χ0v) is 13.6. The highest BCUT2D eigenvalue weighted by atomic mass is 35.5. The van der Waals surface area contributed by atoms with E-state index in [2.05, 4.69) is 44.3 Å². The molecule has 0 amide bonds. The fourth-order valence-electron chi connectivity index (χ4n) is 2.14. The highest BCUT2D eigenvalue weighted by molar-refractivity contribution is 6.31. The third kappa shape index (κ3) is 4.76. The Morgan fingerprint density at radius 1 is 1.14 bits per heavy atom. The van der Waals surface area contributed by atoms with Gasteiger partial charge in [-0.2, -0.15) is 0 Å². The van der Waals surface area contributed by atoms with E-state index in [0.29, 0.717) is 0 Å². The van der Waals surface area contributed by atoms with Crippen molar-refractivity contribution >= 4 is 11.6 Å². The minimum Gasteiger partial charge on any atom is -0.489 e. The molecule has 2 aromatic carbocycles. The van der Waals surface area contributed by atoms with Crippen LogP contribution in [0.5, 0.6) is 5.75 Å². The van der Waals surface area contributed by atoms with Gasteiger partial charge in [-0.3, -0.25) is 0 Å². The van der Waals surface area contributed by atoms with Crippen molar-refractivity contribution < 1.29 is 4.74 Å². The first-order valence-electron chi connectivity index (χ1n) is 7.24. The predicted octanol–water partition coefficient (Wildman–Crippen LogP) is 4.51. The highest BCUT2D eigenvalue weighted by Crippen LogP contribution is 2.20. The van der Waals surface area contributed by atoms with Crippen LogP contribution in [0.3, 0.4) is 0 Å². The van der Waals surface area contributed by atoms with Crippen molar-refractivity contribution in [2.45, 2.75) is 33.4 Å². The lowest BCUT2D eigenvalue weighted by atomic mass is 10.1. The molecule has 21 heavy (non-hydrogen) atoms. The Kier molecular flexibility index (Phi) is 5.66. The summed E-state index contributed by atoms with van der Waals surface area (Å²) in [6.45, 7) is 7.74. The summed E-state index contributed by atoms with van der Waals surface area (Å²) in [5.74, 6) is 0.960. The second-order valence-electron chi connectivity index (χ2n) is 5.42. The second kappa shape index (κ2) is 7.48. The third-order valence-corrected chi connectivity index (χ3v) is 3.75. The first-order valence-corrected chi connectivity index (χ1v) is 7.62. The van der Waals surface area contributed by atoms with Gasteiger partial charge in [-0.15, -0.1) is 0 Å². The van der Waals surface area contributed by atoms with E-state index in [0.717, 1.165) is 29.4 Å². The highest BCUT2D eigenvalue weighted by Gasteiger charge is 2.07. The van der Waals surface area contributed by atoms with Crippen LogP contribution < -0.4 is 10.1 Å². The lowest BCUT2D eigenvalue weighted by molar-refractivity contribution is 0.215. The lowest BCUT2D eigenvalue weighted by Crippen LogP contribution is -2.28. The molecule has 1 atom stereocenters. The molecular formula is C18H22ClNO. The molecule has 0 aliphatic carbocycles. The van der Waals surface area contributed by atoms with E-state index in [1.165, 1.54) is 11.1 Å². The largest absolute Gasteiger partial charge is 0.489 e. The van der Waals surface area contributed by atoms with E-state index >= 15 is 0 Å². The van der Waals surface area contributed by atoms with Crippen LogP contribution in [0.4, 0.5) is 0 Å². The molecule has 2 nitrogen and oxygen atoms in total. The van der Waals surface area contributed by atoms with Gasteiger partial charge in [-0.05, 0) is 49.6 Å². The van der Waals surface area contributed by atoms with Crippen molar-refractivity contribution in [3.8, 4) is 5.75 Å². The quantitative estimate of drug-likeness (QED) is 0.847. The van der Waals surface area contributed by atoms with Gasteiger partial charge in [-0.25, -0.2) is 0 Å². The van der Waals surface area contributed by atoms with E-state index in [9.17, 15) is 0 Å². The zero-order chi connectivity index (χ0) is 15.2. The molecule has 1 N–H and O–H groups in total. The number of hydrogen-bond acceptors (Lipinski definition) is 2. The van der Waals surface area contributed by atoms with Gasteiger partial charge >= 0.3 is 0 Å². The average molecular weight is 304 g/mol. The summed E-state index contributed by atoms with van der Waals surface area (Å²) >= 11 is 6.14. The van der Waals surface area contributed by atoms with E-state index in [-0.39, 0.29) is 6.10 Å². The van der Waals surface area contributed by atoms with Crippen molar-refractivity contribution in [1.29, 1.82) is 0 Å². The smallest absolute Gasteiger partial charge is 0.122 e. The molecule has 0 aliphatic heterocycles. The number of ether oxygens (including phenoxy) is 1. The molecular weight excluding hydrogens is 282 g/mol. The topological polar surface area (TPSA) is 21.3 Å². The monoisotopic (exact) mass is 303 g/mol. The summed E-state index contributed by atoms with van der Waals surface area (Å²) in [5, 5.41) is 4.19. The van der Waals surface area contributed by atoms with Gasteiger partial charge in [0.1, 0.15) is 11.9 Å². The Morgan fingerprint density at radius 2 is 1.90 bits per heavy atom. The van der Waals surface area contributed by atoms with Crippen LogP contribution in [0, 0.1) is 13.8 Å². The standard InChI is InChI=1S/C18H22ClNO/c1-13-8-9-14(2)18(10-13)21-15(3)11-20-12-16-6-4-5-7-17(16)19/h4-10,15,20H,11-12H2,1-3H3. The van der Waals surface area contributed by atoms with Gasteiger partial charge in [0, 0.05) is 18.1 Å². The Hall–Kier alpha value is -1.51. The molecule has 0 aromatic heterocycles. The Labute approximate surface area is 132 Å². The molecule has 0 bridgehead atoms. The number of halogens is 1.